The van der Waals surface area contributed by atoms with Crippen LogP contribution in [0.1, 0.15) is 37.5 Å². The number of aryl methyl sites for hydroxylation is 1. The first-order chi connectivity index (χ1) is 11.8. The van der Waals surface area contributed by atoms with Gasteiger partial charge < -0.3 is 10.1 Å². The average Bonchev–Trinajstić information content (AvgIpc) is 2.56. The number of pyridine rings is 1. The third-order valence-electron chi connectivity index (χ3n) is 4.13. The Bertz CT molecular complexity index is 749. The largest absolute Gasteiger partial charge is 0.443 e. The van der Waals surface area contributed by atoms with Crippen molar-refractivity contribution in [3.8, 4) is 0 Å². The van der Waals surface area contributed by atoms with Crippen LogP contribution in [0.15, 0.2) is 55.4 Å². The van der Waals surface area contributed by atoms with Crippen LogP contribution < -0.4 is 9.88 Å². The Hall–Kier alpha value is -2.62. The molecule has 1 amide bonds. The molecule has 0 aliphatic carbocycles. The van der Waals surface area contributed by atoms with E-state index < -0.39 is 11.6 Å². The van der Waals surface area contributed by atoms with E-state index in [1.807, 2.05) is 81.1 Å². The summed E-state index contributed by atoms with van der Waals surface area (Å²) in [6.07, 6.45) is 3.53. The molecule has 0 unspecified atom stereocenters. The number of ether oxygens (including phenoxy) is 1. The average molecular weight is 339 g/mol. The highest BCUT2D eigenvalue weighted by atomic mass is 16.5. The van der Waals surface area contributed by atoms with E-state index in [2.05, 4.69) is 11.9 Å². The summed E-state index contributed by atoms with van der Waals surface area (Å²) in [4.78, 5) is 12.1. The Balaban J connectivity index is 1.91. The fourth-order valence-electron chi connectivity index (χ4n) is 2.46. The fraction of sp³-hybridized carbons (Fsp3) is 0.333. The summed E-state index contributed by atoms with van der Waals surface area (Å²) in [5.41, 5.74) is 3.75. The second-order valence-corrected chi connectivity index (χ2v) is 6.86. The van der Waals surface area contributed by atoms with Crippen LogP contribution in [0.3, 0.4) is 0 Å². The number of alkyl carbamates (subject to hydrolysis) is 1. The number of benzene rings is 1. The molecule has 2 rings (SSSR count). The van der Waals surface area contributed by atoms with Crippen molar-refractivity contribution in [2.24, 2.45) is 0 Å². The molecule has 0 saturated carbocycles. The summed E-state index contributed by atoms with van der Waals surface area (Å²) >= 11 is 0. The molecule has 2 aromatic rings. The smallest absolute Gasteiger partial charge is 0.408 e. The Morgan fingerprint density at radius 3 is 2.56 bits per heavy atom. The first kappa shape index (κ1) is 18.7. The normalized spacial score (nSPS) is 11.0. The third-order valence-corrected chi connectivity index (χ3v) is 4.13. The summed E-state index contributed by atoms with van der Waals surface area (Å²) in [5, 5.41) is 2.93. The molecule has 1 aromatic heterocycles. The van der Waals surface area contributed by atoms with Gasteiger partial charge in [-0.1, -0.05) is 30.4 Å². The van der Waals surface area contributed by atoms with Gasteiger partial charge in [0.15, 0.2) is 25.5 Å². The second kappa shape index (κ2) is 7.97. The van der Waals surface area contributed by atoms with Crippen LogP contribution in [0, 0.1) is 6.92 Å². The molecular weight excluding hydrogens is 312 g/mol. The minimum Gasteiger partial charge on any atom is -0.443 e. The van der Waals surface area contributed by atoms with Crippen LogP contribution in [0.25, 0.3) is 5.57 Å². The Labute approximate surface area is 150 Å². The number of aromatic nitrogens is 1. The molecule has 0 saturated heterocycles. The number of rotatable bonds is 6. The maximum Gasteiger partial charge on any atom is 0.408 e. The summed E-state index contributed by atoms with van der Waals surface area (Å²) in [7, 11) is 0. The lowest BCUT2D eigenvalue weighted by molar-refractivity contribution is -0.697. The van der Waals surface area contributed by atoms with Gasteiger partial charge >= 0.3 is 6.09 Å². The fourth-order valence-corrected chi connectivity index (χ4v) is 2.46. The molecule has 0 radical (unpaired) electrons. The Morgan fingerprint density at radius 2 is 1.92 bits per heavy atom. The van der Waals surface area contributed by atoms with Crippen molar-refractivity contribution in [2.75, 3.05) is 6.61 Å². The van der Waals surface area contributed by atoms with Crippen LogP contribution >= 0.6 is 0 Å². The van der Waals surface area contributed by atoms with Gasteiger partial charge in [-0.2, -0.15) is 0 Å². The number of hydrogen-bond acceptors (Lipinski definition) is 2. The number of hydrogen-bond donors (Lipinski definition) is 1. The van der Waals surface area contributed by atoms with Crippen molar-refractivity contribution in [3.63, 3.8) is 0 Å². The van der Waals surface area contributed by atoms with Gasteiger partial charge in [-0.25, -0.2) is 9.36 Å². The molecule has 132 valence electrons. The lowest BCUT2D eigenvalue weighted by Crippen LogP contribution is -2.43. The third kappa shape index (κ3) is 5.45. The summed E-state index contributed by atoms with van der Waals surface area (Å²) in [5.74, 6) is 0. The molecule has 0 spiro atoms. The van der Waals surface area contributed by atoms with E-state index in [4.69, 9.17) is 4.74 Å². The van der Waals surface area contributed by atoms with E-state index in [9.17, 15) is 4.79 Å². The highest BCUT2D eigenvalue weighted by Gasteiger charge is 2.24. The Morgan fingerprint density at radius 1 is 1.24 bits per heavy atom. The van der Waals surface area contributed by atoms with E-state index >= 15 is 0 Å². The first-order valence-corrected chi connectivity index (χ1v) is 8.45. The van der Waals surface area contributed by atoms with Gasteiger partial charge in [0.05, 0.1) is 5.54 Å². The van der Waals surface area contributed by atoms with Crippen molar-refractivity contribution in [1.82, 2.24) is 5.32 Å². The molecule has 0 bridgehead atoms. The van der Waals surface area contributed by atoms with Gasteiger partial charge in [-0.15, -0.1) is 0 Å². The molecule has 1 heterocycles. The van der Waals surface area contributed by atoms with Crippen molar-refractivity contribution in [1.29, 1.82) is 0 Å². The SMILES string of the molecule is C=C(C)c1cccc(C(C)(C)NC(=O)OCC[n+]2ccc(C)cc2)c1. The van der Waals surface area contributed by atoms with Crippen LogP contribution in [-0.4, -0.2) is 12.7 Å². The number of carbonyl (C=O) groups is 1. The monoisotopic (exact) mass is 339 g/mol. The molecular formula is C21H27N2O2+. The van der Waals surface area contributed by atoms with Gasteiger partial charge in [0.1, 0.15) is 0 Å². The van der Waals surface area contributed by atoms with Crippen molar-refractivity contribution in [2.45, 2.75) is 39.8 Å². The zero-order valence-corrected chi connectivity index (χ0v) is 15.5. The van der Waals surface area contributed by atoms with E-state index in [1.165, 1.54) is 5.56 Å². The number of amides is 1. The Kier molecular flexibility index (Phi) is 5.97. The lowest BCUT2D eigenvalue weighted by Gasteiger charge is -2.27. The lowest BCUT2D eigenvalue weighted by atomic mass is 9.92. The first-order valence-electron chi connectivity index (χ1n) is 8.45. The molecule has 4 heteroatoms. The maximum atomic E-state index is 12.1. The molecule has 4 nitrogen and oxygen atoms in total. The number of carbonyl (C=O) groups excluding carboxylic acids is 1. The van der Waals surface area contributed by atoms with Gasteiger partial charge in [0, 0.05) is 12.1 Å². The second-order valence-electron chi connectivity index (χ2n) is 6.86. The zero-order chi connectivity index (χ0) is 18.4. The quantitative estimate of drug-likeness (QED) is 0.809. The van der Waals surface area contributed by atoms with Gasteiger partial charge in [-0.05, 0) is 50.5 Å². The number of allylic oxidation sites excluding steroid dienone is 1. The van der Waals surface area contributed by atoms with Crippen LogP contribution in [0.4, 0.5) is 4.79 Å². The molecule has 1 N–H and O–H groups in total. The standard InChI is InChI=1S/C21H26N2O2/c1-16(2)18-7-6-8-19(15-18)21(4,5)22-20(24)25-14-13-23-11-9-17(3)10-12-23/h6-12,15H,1,13-14H2,2-5H3/p+1. The van der Waals surface area contributed by atoms with Crippen LogP contribution in [-0.2, 0) is 16.8 Å². The van der Waals surface area contributed by atoms with E-state index in [0.29, 0.717) is 13.2 Å². The zero-order valence-electron chi connectivity index (χ0n) is 15.5. The molecule has 0 fully saturated rings. The summed E-state index contributed by atoms with van der Waals surface area (Å²) < 4.78 is 7.31. The van der Waals surface area contributed by atoms with Gasteiger partial charge in [0.2, 0.25) is 0 Å². The predicted molar refractivity (Wildman–Crippen MR) is 100 cm³/mol. The summed E-state index contributed by atoms with van der Waals surface area (Å²) in [6.45, 7) is 12.8. The minimum absolute atomic E-state index is 0.321. The van der Waals surface area contributed by atoms with E-state index in [-0.39, 0.29) is 0 Å². The van der Waals surface area contributed by atoms with E-state index in [1.54, 1.807) is 0 Å². The van der Waals surface area contributed by atoms with Gasteiger partial charge in [-0.3, -0.25) is 0 Å². The highest BCUT2D eigenvalue weighted by Crippen LogP contribution is 2.23. The maximum absolute atomic E-state index is 12.1. The topological polar surface area (TPSA) is 42.2 Å². The van der Waals surface area contributed by atoms with Crippen LogP contribution in [0.2, 0.25) is 0 Å². The van der Waals surface area contributed by atoms with Crippen molar-refractivity contribution < 1.29 is 14.1 Å². The molecule has 0 aliphatic rings. The predicted octanol–water partition coefficient (Wildman–Crippen LogP) is 3.98. The molecule has 0 aliphatic heterocycles. The highest BCUT2D eigenvalue weighted by molar-refractivity contribution is 5.69. The van der Waals surface area contributed by atoms with Crippen molar-refractivity contribution in [3.05, 3.63) is 72.1 Å². The number of nitrogens with one attached hydrogen (secondary N) is 1. The van der Waals surface area contributed by atoms with Crippen LogP contribution in [0.5, 0.6) is 0 Å². The minimum atomic E-state index is -0.528. The number of nitrogens with zero attached hydrogens (tertiary/aromatic N) is 1. The molecule has 25 heavy (non-hydrogen) atoms. The van der Waals surface area contributed by atoms with E-state index in [0.717, 1.165) is 16.7 Å². The van der Waals surface area contributed by atoms with Gasteiger partial charge in [0.25, 0.3) is 0 Å². The van der Waals surface area contributed by atoms with Crippen molar-refractivity contribution >= 4 is 11.7 Å². The molecule has 0 atom stereocenters. The summed E-state index contributed by atoms with van der Waals surface area (Å²) in [6, 6.07) is 12.1. The molecule has 1 aromatic carbocycles.